The van der Waals surface area contributed by atoms with Crippen molar-refractivity contribution < 1.29 is 27.9 Å². The van der Waals surface area contributed by atoms with Crippen LogP contribution in [-0.2, 0) is 14.8 Å². The molecule has 12 heteroatoms. The van der Waals surface area contributed by atoms with Crippen LogP contribution in [0.4, 0.5) is 22.0 Å². The second kappa shape index (κ2) is 9.82. The van der Waals surface area contributed by atoms with E-state index in [-0.39, 0.29) is 42.7 Å². The van der Waals surface area contributed by atoms with E-state index in [9.17, 15) is 23.1 Å². The predicted octanol–water partition coefficient (Wildman–Crippen LogP) is 1.52. The van der Waals surface area contributed by atoms with Gasteiger partial charge in [-0.3, -0.25) is 14.0 Å². The van der Waals surface area contributed by atoms with Gasteiger partial charge in [0.1, 0.15) is 12.4 Å². The van der Waals surface area contributed by atoms with Crippen molar-refractivity contribution >= 4 is 39.2 Å². The number of rotatable bonds is 5. The minimum absolute atomic E-state index is 0.00253. The monoisotopic (exact) mass is 529 g/mol. The van der Waals surface area contributed by atoms with E-state index in [4.69, 9.17) is 4.74 Å². The van der Waals surface area contributed by atoms with Crippen LogP contribution < -0.4 is 14.1 Å². The molecule has 11 nitrogen and oxygen atoms in total. The lowest BCUT2D eigenvalue weighted by Crippen LogP contribution is -2.49. The van der Waals surface area contributed by atoms with Crippen molar-refractivity contribution in [3.05, 3.63) is 47.2 Å². The molecule has 1 N–H and O–H groups in total. The van der Waals surface area contributed by atoms with Crippen LogP contribution in [0.3, 0.4) is 0 Å². The number of carbonyl (C=O) groups is 2. The molecule has 3 fully saturated rings. The van der Waals surface area contributed by atoms with Crippen LogP contribution in [0.15, 0.2) is 30.5 Å². The summed E-state index contributed by atoms with van der Waals surface area (Å²) >= 11 is 0. The molecule has 37 heavy (non-hydrogen) atoms. The molecule has 1 unspecified atom stereocenters. The number of aryl methyl sites for hydroxylation is 2. The van der Waals surface area contributed by atoms with Gasteiger partial charge in [-0.2, -0.15) is 0 Å². The van der Waals surface area contributed by atoms with Gasteiger partial charge in [0, 0.05) is 44.6 Å². The smallest absolute Gasteiger partial charge is 0.414 e. The van der Waals surface area contributed by atoms with Gasteiger partial charge in [0.05, 0.1) is 29.7 Å². The molecule has 3 aliphatic rings. The van der Waals surface area contributed by atoms with Crippen LogP contribution in [-0.4, -0.2) is 93.1 Å². The average molecular weight is 530 g/mol. The normalized spacial score (nSPS) is 21.5. The fourth-order valence-electron chi connectivity index (χ4n) is 5.21. The number of aliphatic hydroxyl groups excluding tert-OH is 1. The van der Waals surface area contributed by atoms with E-state index in [0.717, 1.165) is 16.9 Å². The van der Waals surface area contributed by atoms with Crippen molar-refractivity contribution in [2.24, 2.45) is 0 Å². The third kappa shape index (κ3) is 4.71. The molecule has 0 bridgehead atoms. The van der Waals surface area contributed by atoms with E-state index >= 15 is 0 Å². The number of aliphatic hydroxyl groups is 1. The van der Waals surface area contributed by atoms with Gasteiger partial charge >= 0.3 is 6.09 Å². The molecule has 5 rings (SSSR count). The van der Waals surface area contributed by atoms with E-state index in [1.54, 1.807) is 23.1 Å². The maximum absolute atomic E-state index is 13.7. The third-order valence-corrected chi connectivity index (χ3v) is 8.94. The Morgan fingerprint density at radius 1 is 1.14 bits per heavy atom. The van der Waals surface area contributed by atoms with Crippen LogP contribution >= 0.6 is 0 Å². The largest absolute Gasteiger partial charge is 0.447 e. The maximum Gasteiger partial charge on any atom is 0.414 e. The van der Waals surface area contributed by atoms with Crippen molar-refractivity contribution in [2.45, 2.75) is 26.3 Å². The Bertz CT molecular complexity index is 1320. The number of ether oxygens (including phenoxy) is 1. The molecule has 0 spiro atoms. The number of pyridine rings is 1. The summed E-state index contributed by atoms with van der Waals surface area (Å²) in [5.41, 5.74) is 3.06. The van der Waals surface area contributed by atoms with E-state index in [1.807, 2.05) is 20.0 Å². The van der Waals surface area contributed by atoms with Gasteiger partial charge in [-0.05, 0) is 49.6 Å². The molecule has 4 heterocycles. The fraction of sp³-hybridized carbons (Fsp3) is 0.480. The van der Waals surface area contributed by atoms with Gasteiger partial charge in [0.25, 0.3) is 5.91 Å². The second-order valence-corrected chi connectivity index (χ2v) is 11.7. The number of aromatic nitrogens is 1. The fourth-order valence-corrected chi connectivity index (χ4v) is 6.78. The Labute approximate surface area is 216 Å². The molecule has 2 aromatic rings. The summed E-state index contributed by atoms with van der Waals surface area (Å²) in [4.78, 5) is 35.8. The first-order valence-electron chi connectivity index (χ1n) is 12.4. The summed E-state index contributed by atoms with van der Waals surface area (Å²) in [6.45, 7) is 6.16. The van der Waals surface area contributed by atoms with Crippen LogP contribution in [0.5, 0.6) is 0 Å². The Morgan fingerprint density at radius 2 is 1.89 bits per heavy atom. The number of nitrogens with zero attached hydrogens (tertiary/aromatic N) is 5. The van der Waals surface area contributed by atoms with Crippen molar-refractivity contribution in [3.8, 4) is 0 Å². The van der Waals surface area contributed by atoms with Gasteiger partial charge in [0.2, 0.25) is 10.0 Å². The number of piperazine rings is 1. The summed E-state index contributed by atoms with van der Waals surface area (Å²) in [6, 6.07) is 6.22. The standard InChI is InChI=1S/C25H31N5O6S/c1-17-12-18(2)23(26-14-17)27-7-9-28(10-8-27)24(32)21-5-4-19(30-20(15-31)16-36-25(30)33)13-22(21)29-6-3-11-37(29,34)35/h4-5,12-14,20,31H,3,6-11,15-16H2,1-2H3. The minimum Gasteiger partial charge on any atom is -0.447 e. The maximum atomic E-state index is 13.7. The Morgan fingerprint density at radius 3 is 2.54 bits per heavy atom. The van der Waals surface area contributed by atoms with E-state index in [1.165, 1.54) is 9.21 Å². The Balaban J connectivity index is 1.42. The van der Waals surface area contributed by atoms with Gasteiger partial charge in [0.15, 0.2) is 0 Å². The van der Waals surface area contributed by atoms with E-state index in [0.29, 0.717) is 38.3 Å². The zero-order valence-corrected chi connectivity index (χ0v) is 21.8. The van der Waals surface area contributed by atoms with Gasteiger partial charge in [-0.15, -0.1) is 0 Å². The highest BCUT2D eigenvalue weighted by Crippen LogP contribution is 2.35. The quantitative estimate of drug-likeness (QED) is 0.619. The SMILES string of the molecule is Cc1cnc(N2CCN(C(=O)c3ccc(N4C(=O)OCC4CO)cc3N3CCCS3(=O)=O)CC2)c(C)c1. The summed E-state index contributed by atoms with van der Waals surface area (Å²) < 4.78 is 32.0. The lowest BCUT2D eigenvalue weighted by atomic mass is 10.1. The number of anilines is 3. The molecule has 3 saturated heterocycles. The minimum atomic E-state index is -3.59. The van der Waals surface area contributed by atoms with E-state index < -0.39 is 22.2 Å². The molecule has 2 amide bonds. The van der Waals surface area contributed by atoms with Gasteiger partial charge in [-0.1, -0.05) is 6.07 Å². The molecular weight excluding hydrogens is 498 g/mol. The summed E-state index contributed by atoms with van der Waals surface area (Å²) in [6.07, 6.45) is 1.67. The highest BCUT2D eigenvalue weighted by Gasteiger charge is 2.37. The third-order valence-electron chi connectivity index (χ3n) is 7.08. The first kappa shape index (κ1) is 25.3. The molecule has 1 aromatic carbocycles. The Hall–Kier alpha value is -3.38. The molecular formula is C25H31N5O6S. The zero-order chi connectivity index (χ0) is 26.3. The topological polar surface area (TPSA) is 124 Å². The molecule has 0 aliphatic carbocycles. The first-order chi connectivity index (χ1) is 17.7. The lowest BCUT2D eigenvalue weighted by molar-refractivity contribution is 0.0747. The second-order valence-electron chi connectivity index (χ2n) is 9.66. The van der Waals surface area contributed by atoms with E-state index in [2.05, 4.69) is 16.0 Å². The number of benzene rings is 1. The number of sulfonamides is 1. The molecule has 1 atom stereocenters. The molecule has 0 saturated carbocycles. The molecule has 198 valence electrons. The van der Waals surface area contributed by atoms with Crippen molar-refractivity contribution in [1.29, 1.82) is 0 Å². The number of hydrogen-bond donors (Lipinski definition) is 1. The lowest BCUT2D eigenvalue weighted by Gasteiger charge is -2.36. The predicted molar refractivity (Wildman–Crippen MR) is 139 cm³/mol. The van der Waals surface area contributed by atoms with Crippen LogP contribution in [0.1, 0.15) is 27.9 Å². The summed E-state index contributed by atoms with van der Waals surface area (Å²) in [5.74, 6) is 0.638. The number of hydrogen-bond acceptors (Lipinski definition) is 8. The van der Waals surface area contributed by atoms with Crippen LogP contribution in [0, 0.1) is 13.8 Å². The summed E-state index contributed by atoms with van der Waals surface area (Å²) in [7, 11) is -3.59. The van der Waals surface area contributed by atoms with Crippen molar-refractivity contribution in [3.63, 3.8) is 0 Å². The molecule has 1 aromatic heterocycles. The molecule has 3 aliphatic heterocycles. The van der Waals surface area contributed by atoms with Gasteiger partial charge in [-0.25, -0.2) is 18.2 Å². The number of cyclic esters (lactones) is 1. The zero-order valence-electron chi connectivity index (χ0n) is 21.0. The highest BCUT2D eigenvalue weighted by molar-refractivity contribution is 7.93. The molecule has 0 radical (unpaired) electrons. The highest BCUT2D eigenvalue weighted by atomic mass is 32.2. The Kier molecular flexibility index (Phi) is 6.71. The number of carbonyl (C=O) groups excluding carboxylic acids is 2. The average Bonchev–Trinajstić information content (AvgIpc) is 3.44. The van der Waals surface area contributed by atoms with Crippen LogP contribution in [0.2, 0.25) is 0 Å². The number of amides is 2. The van der Waals surface area contributed by atoms with Gasteiger partial charge < -0.3 is 19.6 Å². The first-order valence-corrected chi connectivity index (χ1v) is 14.0. The van der Waals surface area contributed by atoms with Crippen LogP contribution in [0.25, 0.3) is 0 Å². The summed E-state index contributed by atoms with van der Waals surface area (Å²) in [5, 5.41) is 9.68. The van der Waals surface area contributed by atoms with Crippen molar-refractivity contribution in [1.82, 2.24) is 9.88 Å². The van der Waals surface area contributed by atoms with Crippen molar-refractivity contribution in [2.75, 3.05) is 65.8 Å².